The van der Waals surface area contributed by atoms with Crippen LogP contribution in [0.25, 0.3) is 0 Å². The van der Waals surface area contributed by atoms with Crippen molar-refractivity contribution in [2.45, 2.75) is 26.3 Å². The van der Waals surface area contributed by atoms with Crippen LogP contribution in [0.4, 0.5) is 5.69 Å². The molecule has 0 saturated carbocycles. The van der Waals surface area contributed by atoms with E-state index in [1.165, 1.54) is 4.57 Å². The van der Waals surface area contributed by atoms with E-state index in [1.54, 1.807) is 0 Å². The van der Waals surface area contributed by atoms with E-state index in [1.807, 2.05) is 6.92 Å². The number of carbonyl (C=O) groups is 1. The fourth-order valence-electron chi connectivity index (χ4n) is 1.73. The Hall–Kier alpha value is -2.71. The molecule has 0 fully saturated rings. The summed E-state index contributed by atoms with van der Waals surface area (Å²) in [7, 11) is 0. The number of rotatable bonds is 6. The number of aryl methyl sites for hydroxylation is 1. The van der Waals surface area contributed by atoms with Crippen LogP contribution < -0.4 is 0 Å². The maximum Gasteiger partial charge on any atom is 0.352 e. The molecule has 0 spiro atoms. The van der Waals surface area contributed by atoms with Gasteiger partial charge in [0.2, 0.25) is 5.89 Å². The summed E-state index contributed by atoms with van der Waals surface area (Å²) in [5, 5.41) is 23.4. The minimum atomic E-state index is -1.25. The number of carboxylic acids is 1. The summed E-state index contributed by atoms with van der Waals surface area (Å²) in [5.41, 5.74) is -0.488. The molecule has 0 aliphatic heterocycles. The van der Waals surface area contributed by atoms with Crippen LogP contribution in [0.15, 0.2) is 16.8 Å². The van der Waals surface area contributed by atoms with Crippen molar-refractivity contribution in [2.24, 2.45) is 0 Å². The lowest BCUT2D eigenvalue weighted by Crippen LogP contribution is -2.09. The highest BCUT2D eigenvalue weighted by atomic mass is 16.6. The van der Waals surface area contributed by atoms with Crippen molar-refractivity contribution < 1.29 is 19.3 Å². The van der Waals surface area contributed by atoms with Gasteiger partial charge < -0.3 is 14.2 Å². The smallest absolute Gasteiger partial charge is 0.352 e. The van der Waals surface area contributed by atoms with Crippen molar-refractivity contribution in [2.75, 3.05) is 0 Å². The molecular weight excluding hydrogens is 268 g/mol. The summed E-state index contributed by atoms with van der Waals surface area (Å²) in [5.74, 6) is -0.516. The van der Waals surface area contributed by atoms with E-state index in [2.05, 4.69) is 10.1 Å². The summed E-state index contributed by atoms with van der Waals surface area (Å²) in [6, 6.07) is 0.995. The van der Waals surface area contributed by atoms with Gasteiger partial charge in [0.1, 0.15) is 5.69 Å². The first-order valence-corrected chi connectivity index (χ1v) is 5.90. The maximum atomic E-state index is 11.0. The second-order valence-corrected chi connectivity index (χ2v) is 4.13. The summed E-state index contributed by atoms with van der Waals surface area (Å²) in [6.45, 7) is 1.96. The highest BCUT2D eigenvalue weighted by Crippen LogP contribution is 2.17. The van der Waals surface area contributed by atoms with Crippen molar-refractivity contribution in [1.82, 2.24) is 14.7 Å². The van der Waals surface area contributed by atoms with Crippen LogP contribution in [0.1, 0.15) is 35.5 Å². The molecule has 1 N–H and O–H groups in total. The van der Waals surface area contributed by atoms with Gasteiger partial charge in [0.15, 0.2) is 5.82 Å². The molecule has 0 bridgehead atoms. The Balaban J connectivity index is 2.26. The van der Waals surface area contributed by atoms with Crippen LogP contribution in [0.2, 0.25) is 0 Å². The predicted molar refractivity (Wildman–Crippen MR) is 65.4 cm³/mol. The quantitative estimate of drug-likeness (QED) is 0.627. The first-order chi connectivity index (χ1) is 9.51. The molecule has 2 rings (SSSR count). The molecule has 2 aromatic heterocycles. The summed E-state index contributed by atoms with van der Waals surface area (Å²) in [6.07, 6.45) is 2.61. The number of hydrogen-bond donors (Lipinski definition) is 1. The second kappa shape index (κ2) is 5.51. The third-order valence-corrected chi connectivity index (χ3v) is 2.60. The number of nitro groups is 1. The lowest BCUT2D eigenvalue weighted by Gasteiger charge is -2.00. The topological polar surface area (TPSA) is 124 Å². The normalized spacial score (nSPS) is 10.7. The van der Waals surface area contributed by atoms with Crippen LogP contribution in [-0.4, -0.2) is 30.7 Å². The molecule has 0 saturated heterocycles. The van der Waals surface area contributed by atoms with E-state index in [0.29, 0.717) is 12.3 Å². The SMILES string of the molecule is CCCc1nc(Cn2cc([N+](=O)[O-])cc2C(=O)O)no1. The Morgan fingerprint density at radius 3 is 2.95 bits per heavy atom. The number of aromatic carboxylic acids is 1. The zero-order valence-corrected chi connectivity index (χ0v) is 10.6. The zero-order chi connectivity index (χ0) is 14.7. The monoisotopic (exact) mass is 280 g/mol. The number of aromatic nitrogens is 3. The van der Waals surface area contributed by atoms with E-state index >= 15 is 0 Å². The Morgan fingerprint density at radius 1 is 1.60 bits per heavy atom. The summed E-state index contributed by atoms with van der Waals surface area (Å²) < 4.78 is 6.19. The maximum absolute atomic E-state index is 11.0. The first-order valence-electron chi connectivity index (χ1n) is 5.90. The van der Waals surface area contributed by atoms with Gasteiger partial charge in [-0.15, -0.1) is 0 Å². The van der Waals surface area contributed by atoms with Gasteiger partial charge in [-0.05, 0) is 6.42 Å². The molecule has 0 unspecified atom stereocenters. The Labute approximate surface area is 113 Å². The molecule has 2 aromatic rings. The van der Waals surface area contributed by atoms with Crippen molar-refractivity contribution in [3.05, 3.63) is 39.8 Å². The van der Waals surface area contributed by atoms with E-state index < -0.39 is 10.9 Å². The van der Waals surface area contributed by atoms with Gasteiger partial charge in [-0.1, -0.05) is 12.1 Å². The molecule has 0 amide bonds. The molecule has 9 nitrogen and oxygen atoms in total. The van der Waals surface area contributed by atoms with Gasteiger partial charge in [-0.2, -0.15) is 4.98 Å². The molecule has 2 heterocycles. The van der Waals surface area contributed by atoms with Crippen LogP contribution in [0.3, 0.4) is 0 Å². The van der Waals surface area contributed by atoms with E-state index in [-0.39, 0.29) is 23.8 Å². The number of nitrogens with zero attached hydrogens (tertiary/aromatic N) is 4. The molecule has 9 heteroatoms. The first kappa shape index (κ1) is 13.7. The Morgan fingerprint density at radius 2 is 2.35 bits per heavy atom. The van der Waals surface area contributed by atoms with E-state index in [0.717, 1.165) is 18.7 Å². The Bertz CT molecular complexity index is 645. The van der Waals surface area contributed by atoms with Crippen LogP contribution in [-0.2, 0) is 13.0 Å². The lowest BCUT2D eigenvalue weighted by atomic mass is 10.3. The molecule has 106 valence electrons. The van der Waals surface area contributed by atoms with Crippen LogP contribution in [0, 0.1) is 10.1 Å². The van der Waals surface area contributed by atoms with Crippen molar-refractivity contribution in [3.8, 4) is 0 Å². The minimum Gasteiger partial charge on any atom is -0.477 e. The van der Waals surface area contributed by atoms with Crippen LogP contribution in [0.5, 0.6) is 0 Å². The minimum absolute atomic E-state index is 0.00267. The third kappa shape index (κ3) is 2.82. The van der Waals surface area contributed by atoms with Crippen molar-refractivity contribution in [3.63, 3.8) is 0 Å². The third-order valence-electron chi connectivity index (χ3n) is 2.60. The molecule has 0 aromatic carbocycles. The molecule has 0 aliphatic carbocycles. The van der Waals surface area contributed by atoms with Gasteiger partial charge in [0.05, 0.1) is 17.7 Å². The van der Waals surface area contributed by atoms with Crippen molar-refractivity contribution >= 4 is 11.7 Å². The van der Waals surface area contributed by atoms with E-state index in [9.17, 15) is 14.9 Å². The fraction of sp³-hybridized carbons (Fsp3) is 0.364. The summed E-state index contributed by atoms with van der Waals surface area (Å²) in [4.78, 5) is 25.2. The van der Waals surface area contributed by atoms with Gasteiger partial charge in [-0.25, -0.2) is 4.79 Å². The standard InChI is InChI=1S/C11H12N4O5/c1-2-3-10-12-9(13-20-10)6-14-5-7(15(18)19)4-8(14)11(16)17/h4-5H,2-3,6H2,1H3,(H,16,17). The second-order valence-electron chi connectivity index (χ2n) is 4.13. The average Bonchev–Trinajstić information content (AvgIpc) is 2.97. The van der Waals surface area contributed by atoms with Crippen molar-refractivity contribution in [1.29, 1.82) is 0 Å². The predicted octanol–water partition coefficient (Wildman–Crippen LogP) is 1.48. The highest BCUT2D eigenvalue weighted by Gasteiger charge is 2.20. The zero-order valence-electron chi connectivity index (χ0n) is 10.6. The number of carboxylic acid groups (broad SMARTS) is 1. The molecule has 0 atom stereocenters. The van der Waals surface area contributed by atoms with E-state index in [4.69, 9.17) is 9.63 Å². The largest absolute Gasteiger partial charge is 0.477 e. The van der Waals surface area contributed by atoms with Gasteiger partial charge in [0, 0.05) is 12.5 Å². The van der Waals surface area contributed by atoms with Crippen LogP contribution >= 0.6 is 0 Å². The lowest BCUT2D eigenvalue weighted by molar-refractivity contribution is -0.384. The molecular formula is C11H12N4O5. The Kier molecular flexibility index (Phi) is 3.78. The highest BCUT2D eigenvalue weighted by molar-refractivity contribution is 5.86. The van der Waals surface area contributed by atoms with Gasteiger partial charge >= 0.3 is 5.97 Å². The van der Waals surface area contributed by atoms with Gasteiger partial charge in [0.25, 0.3) is 5.69 Å². The molecule has 0 aliphatic rings. The van der Waals surface area contributed by atoms with Gasteiger partial charge in [-0.3, -0.25) is 10.1 Å². The number of hydrogen-bond acceptors (Lipinski definition) is 6. The fourth-order valence-corrected chi connectivity index (χ4v) is 1.73. The summed E-state index contributed by atoms with van der Waals surface area (Å²) >= 11 is 0. The molecule has 20 heavy (non-hydrogen) atoms. The average molecular weight is 280 g/mol. The molecule has 0 radical (unpaired) electrons.